The standard InChI is InChI=1S/C32H45N3O4/c1-7-8-19-33-29(36)28(26-18-17-22(2)20-23(26)3)35(25-15-12-16-25)30(37)27(21-24-13-10-9-11-14-24)34-31(38)39-32(4,5)6/h9-11,13-14,17-18,20,25,27-28H,7-8,12,15-16,19,21H2,1-6H3,(H,33,36)(H,34,38). The van der Waals surface area contributed by atoms with Crippen molar-refractivity contribution in [3.63, 3.8) is 0 Å². The number of aryl methyl sites for hydroxylation is 2. The van der Waals surface area contributed by atoms with E-state index in [2.05, 4.69) is 17.6 Å². The first-order valence-electron chi connectivity index (χ1n) is 14.2. The van der Waals surface area contributed by atoms with Crippen LogP contribution < -0.4 is 10.6 Å². The molecule has 1 saturated carbocycles. The van der Waals surface area contributed by atoms with Gasteiger partial charge in [-0.05, 0) is 77.0 Å². The molecule has 0 spiro atoms. The van der Waals surface area contributed by atoms with Gasteiger partial charge >= 0.3 is 6.09 Å². The Morgan fingerprint density at radius 2 is 1.74 bits per heavy atom. The molecule has 2 aromatic rings. The Bertz CT molecular complexity index is 1120. The van der Waals surface area contributed by atoms with Gasteiger partial charge in [-0.2, -0.15) is 0 Å². The molecule has 1 aliphatic rings. The van der Waals surface area contributed by atoms with E-state index in [1.54, 1.807) is 25.7 Å². The molecular formula is C32H45N3O4. The van der Waals surface area contributed by atoms with Crippen molar-refractivity contribution >= 4 is 17.9 Å². The Hall–Kier alpha value is -3.35. The van der Waals surface area contributed by atoms with Gasteiger partial charge in [0.15, 0.2) is 0 Å². The van der Waals surface area contributed by atoms with Gasteiger partial charge in [-0.15, -0.1) is 0 Å². The van der Waals surface area contributed by atoms with Crippen LogP contribution >= 0.6 is 0 Å². The van der Waals surface area contributed by atoms with Crippen molar-refractivity contribution in [2.24, 2.45) is 0 Å². The molecule has 0 aromatic heterocycles. The Balaban J connectivity index is 2.03. The molecule has 3 amide bonds. The van der Waals surface area contributed by atoms with Crippen LogP contribution in [-0.4, -0.2) is 47.0 Å². The minimum atomic E-state index is -0.889. The van der Waals surface area contributed by atoms with Crippen molar-refractivity contribution in [1.82, 2.24) is 15.5 Å². The zero-order valence-electron chi connectivity index (χ0n) is 24.4. The van der Waals surface area contributed by atoms with Gasteiger partial charge in [0, 0.05) is 19.0 Å². The van der Waals surface area contributed by atoms with Gasteiger partial charge in [0.05, 0.1) is 0 Å². The molecule has 212 valence electrons. The van der Waals surface area contributed by atoms with Crippen LogP contribution in [0.15, 0.2) is 48.5 Å². The third kappa shape index (κ3) is 8.57. The first-order chi connectivity index (χ1) is 18.5. The normalized spacial score (nSPS) is 15.0. The van der Waals surface area contributed by atoms with Crippen molar-refractivity contribution in [1.29, 1.82) is 0 Å². The number of rotatable bonds is 11. The second-order valence-electron chi connectivity index (χ2n) is 11.6. The number of unbranched alkanes of at least 4 members (excludes halogenated alkanes) is 1. The lowest BCUT2D eigenvalue weighted by Gasteiger charge is -2.44. The van der Waals surface area contributed by atoms with Gasteiger partial charge < -0.3 is 20.3 Å². The molecule has 3 rings (SSSR count). The molecule has 0 radical (unpaired) electrons. The molecule has 0 heterocycles. The van der Waals surface area contributed by atoms with E-state index in [1.807, 2.05) is 62.4 Å². The zero-order valence-corrected chi connectivity index (χ0v) is 24.4. The van der Waals surface area contributed by atoms with Crippen LogP contribution in [0.4, 0.5) is 4.79 Å². The number of nitrogens with zero attached hydrogens (tertiary/aromatic N) is 1. The highest BCUT2D eigenvalue weighted by molar-refractivity contribution is 5.92. The molecule has 1 fully saturated rings. The summed E-state index contributed by atoms with van der Waals surface area (Å²) in [5.74, 6) is -0.462. The molecule has 2 atom stereocenters. The number of benzene rings is 2. The average Bonchev–Trinajstić information content (AvgIpc) is 2.82. The zero-order chi connectivity index (χ0) is 28.6. The summed E-state index contributed by atoms with van der Waals surface area (Å²) in [5.41, 5.74) is 3.07. The topological polar surface area (TPSA) is 87.7 Å². The van der Waals surface area contributed by atoms with Crippen molar-refractivity contribution < 1.29 is 19.1 Å². The predicted octanol–water partition coefficient (Wildman–Crippen LogP) is 5.78. The summed E-state index contributed by atoms with van der Waals surface area (Å²) in [6.45, 7) is 12.0. The first kappa shape index (κ1) is 30.2. The van der Waals surface area contributed by atoms with E-state index >= 15 is 0 Å². The Kier molecular flexibility index (Phi) is 10.6. The second-order valence-corrected chi connectivity index (χ2v) is 11.6. The fourth-order valence-corrected chi connectivity index (χ4v) is 4.90. The van der Waals surface area contributed by atoms with Crippen LogP contribution in [0, 0.1) is 13.8 Å². The Labute approximate surface area is 233 Å². The van der Waals surface area contributed by atoms with E-state index in [0.29, 0.717) is 13.0 Å². The number of carbonyl (C=O) groups is 3. The van der Waals surface area contributed by atoms with Crippen molar-refractivity contribution in [3.8, 4) is 0 Å². The summed E-state index contributed by atoms with van der Waals surface area (Å²) in [6.07, 6.45) is 4.09. The average molecular weight is 536 g/mol. The number of hydrogen-bond acceptors (Lipinski definition) is 4. The van der Waals surface area contributed by atoms with E-state index in [1.165, 1.54) is 0 Å². The molecular weight excluding hydrogens is 490 g/mol. The molecule has 39 heavy (non-hydrogen) atoms. The number of carbonyl (C=O) groups excluding carboxylic acids is 3. The summed E-state index contributed by atoms with van der Waals surface area (Å²) in [7, 11) is 0. The lowest BCUT2D eigenvalue weighted by atomic mass is 9.86. The molecule has 7 nitrogen and oxygen atoms in total. The van der Waals surface area contributed by atoms with E-state index in [-0.39, 0.29) is 17.9 Å². The van der Waals surface area contributed by atoms with E-state index in [0.717, 1.165) is 54.4 Å². The van der Waals surface area contributed by atoms with Gasteiger partial charge in [-0.1, -0.05) is 67.4 Å². The fraction of sp³-hybridized carbons (Fsp3) is 0.531. The SMILES string of the molecule is CCCCNC(=O)C(c1ccc(C)cc1C)N(C(=O)C(Cc1ccccc1)NC(=O)OC(C)(C)C)C1CCC1. The maximum Gasteiger partial charge on any atom is 0.408 e. The molecule has 0 bridgehead atoms. The van der Waals surface area contributed by atoms with Crippen LogP contribution in [0.2, 0.25) is 0 Å². The lowest BCUT2D eigenvalue weighted by Crippen LogP contribution is -2.58. The maximum atomic E-state index is 14.5. The summed E-state index contributed by atoms with van der Waals surface area (Å²) in [4.78, 5) is 42.9. The largest absolute Gasteiger partial charge is 0.444 e. The minimum Gasteiger partial charge on any atom is -0.444 e. The highest BCUT2D eigenvalue weighted by atomic mass is 16.6. The van der Waals surface area contributed by atoms with Crippen LogP contribution in [0.3, 0.4) is 0 Å². The van der Waals surface area contributed by atoms with Gasteiger partial charge in [0.2, 0.25) is 11.8 Å². The van der Waals surface area contributed by atoms with Crippen molar-refractivity contribution in [2.75, 3.05) is 6.54 Å². The molecule has 7 heteroatoms. The molecule has 1 aliphatic carbocycles. The summed E-state index contributed by atoms with van der Waals surface area (Å²) >= 11 is 0. The van der Waals surface area contributed by atoms with Crippen molar-refractivity contribution in [2.45, 2.75) is 104 Å². The third-order valence-electron chi connectivity index (χ3n) is 7.07. The number of amides is 3. The summed E-state index contributed by atoms with van der Waals surface area (Å²) in [6, 6.07) is 13.8. The van der Waals surface area contributed by atoms with E-state index in [4.69, 9.17) is 4.74 Å². The highest BCUT2D eigenvalue weighted by Crippen LogP contribution is 2.35. The number of ether oxygens (including phenoxy) is 1. The quantitative estimate of drug-likeness (QED) is 0.357. The molecule has 0 aliphatic heterocycles. The number of alkyl carbamates (subject to hydrolysis) is 1. The van der Waals surface area contributed by atoms with Crippen LogP contribution in [-0.2, 0) is 20.7 Å². The van der Waals surface area contributed by atoms with Gasteiger partial charge in [0.1, 0.15) is 17.7 Å². The monoisotopic (exact) mass is 535 g/mol. The van der Waals surface area contributed by atoms with E-state index in [9.17, 15) is 14.4 Å². The highest BCUT2D eigenvalue weighted by Gasteiger charge is 2.42. The first-order valence-corrected chi connectivity index (χ1v) is 14.2. The maximum absolute atomic E-state index is 14.5. The van der Waals surface area contributed by atoms with E-state index < -0.39 is 23.8 Å². The van der Waals surface area contributed by atoms with Crippen molar-refractivity contribution in [3.05, 3.63) is 70.8 Å². The Morgan fingerprint density at radius 3 is 2.31 bits per heavy atom. The van der Waals surface area contributed by atoms with Gasteiger partial charge in [0.25, 0.3) is 0 Å². The van der Waals surface area contributed by atoms with Gasteiger partial charge in [-0.25, -0.2) is 4.79 Å². The molecule has 2 aromatic carbocycles. The fourth-order valence-electron chi connectivity index (χ4n) is 4.90. The number of nitrogens with one attached hydrogen (secondary N) is 2. The summed E-state index contributed by atoms with van der Waals surface area (Å²) < 4.78 is 5.53. The van der Waals surface area contributed by atoms with Gasteiger partial charge in [-0.3, -0.25) is 9.59 Å². The third-order valence-corrected chi connectivity index (χ3v) is 7.07. The van der Waals surface area contributed by atoms with Crippen LogP contribution in [0.1, 0.15) is 88.1 Å². The Morgan fingerprint density at radius 1 is 1.05 bits per heavy atom. The minimum absolute atomic E-state index is 0.0844. The summed E-state index contributed by atoms with van der Waals surface area (Å²) in [5, 5.41) is 5.92. The molecule has 0 saturated heterocycles. The second kappa shape index (κ2) is 13.6. The lowest BCUT2D eigenvalue weighted by molar-refractivity contribution is -0.147. The van der Waals surface area contributed by atoms with Crippen LogP contribution in [0.5, 0.6) is 0 Å². The predicted molar refractivity (Wildman–Crippen MR) is 154 cm³/mol. The smallest absolute Gasteiger partial charge is 0.408 e. The number of hydrogen-bond donors (Lipinski definition) is 2. The van der Waals surface area contributed by atoms with Crippen LogP contribution in [0.25, 0.3) is 0 Å². The molecule has 2 N–H and O–H groups in total. The molecule has 2 unspecified atom stereocenters.